The van der Waals surface area contributed by atoms with E-state index >= 15 is 0 Å². The Morgan fingerprint density at radius 2 is 1.95 bits per heavy atom. The zero-order chi connectivity index (χ0) is 14.2. The molecule has 2 aliphatic carbocycles. The normalized spacial score (nSPS) is 24.0. The summed E-state index contributed by atoms with van der Waals surface area (Å²) >= 11 is 0. The smallest absolute Gasteiger partial charge is 0.262 e. The van der Waals surface area contributed by atoms with E-state index < -0.39 is 6.10 Å². The van der Waals surface area contributed by atoms with Gasteiger partial charge in [-0.3, -0.25) is 4.79 Å². The summed E-state index contributed by atoms with van der Waals surface area (Å²) in [6.07, 6.45) is 4.99. The second kappa shape index (κ2) is 5.24. The number of nitrogens with one attached hydrogen (secondary N) is 2. The number of benzene rings is 1. The van der Waals surface area contributed by atoms with E-state index in [1.807, 2.05) is 24.3 Å². The van der Waals surface area contributed by atoms with Crippen LogP contribution in [0.4, 0.5) is 5.69 Å². The molecule has 0 radical (unpaired) electrons. The van der Waals surface area contributed by atoms with Crippen molar-refractivity contribution in [2.45, 2.75) is 31.8 Å². The van der Waals surface area contributed by atoms with E-state index in [0.717, 1.165) is 29.8 Å². The van der Waals surface area contributed by atoms with Gasteiger partial charge in [-0.2, -0.15) is 0 Å². The van der Waals surface area contributed by atoms with Crippen molar-refractivity contribution < 1.29 is 9.53 Å². The van der Waals surface area contributed by atoms with Crippen LogP contribution in [0.3, 0.4) is 0 Å². The first-order valence-corrected chi connectivity index (χ1v) is 8.08. The van der Waals surface area contributed by atoms with Crippen LogP contribution in [-0.4, -0.2) is 25.1 Å². The summed E-state index contributed by atoms with van der Waals surface area (Å²) in [6, 6.07) is 7.77. The maximum Gasteiger partial charge on any atom is 0.262 e. The van der Waals surface area contributed by atoms with Crippen molar-refractivity contribution in [2.24, 2.45) is 17.8 Å². The highest BCUT2D eigenvalue weighted by molar-refractivity contribution is 5.83. The summed E-state index contributed by atoms with van der Waals surface area (Å²) in [5, 5.41) is 6.39. The van der Waals surface area contributed by atoms with Gasteiger partial charge in [0.1, 0.15) is 5.75 Å². The Morgan fingerprint density at radius 3 is 2.67 bits per heavy atom. The molecule has 2 N–H and O–H groups in total. The molecule has 1 heterocycles. The lowest BCUT2D eigenvalue weighted by Crippen LogP contribution is -2.46. The number of carbonyl (C=O) groups excluding carboxylic acids is 1. The van der Waals surface area contributed by atoms with Crippen LogP contribution in [0.15, 0.2) is 24.3 Å². The molecule has 4 nitrogen and oxygen atoms in total. The van der Waals surface area contributed by atoms with E-state index in [1.165, 1.54) is 25.7 Å². The molecule has 3 aliphatic rings. The highest BCUT2D eigenvalue weighted by atomic mass is 16.5. The Balaban J connectivity index is 1.33. The largest absolute Gasteiger partial charge is 0.477 e. The van der Waals surface area contributed by atoms with Crippen molar-refractivity contribution in [3.05, 3.63) is 24.3 Å². The molecule has 1 aliphatic heterocycles. The predicted octanol–water partition coefficient (Wildman–Crippen LogP) is 2.41. The van der Waals surface area contributed by atoms with Crippen molar-refractivity contribution in [3.8, 4) is 5.75 Å². The van der Waals surface area contributed by atoms with Gasteiger partial charge in [-0.05, 0) is 55.6 Å². The summed E-state index contributed by atoms with van der Waals surface area (Å²) in [6.45, 7) is 1.37. The van der Waals surface area contributed by atoms with Crippen molar-refractivity contribution in [3.63, 3.8) is 0 Å². The fourth-order valence-corrected chi connectivity index (χ4v) is 3.36. The molecule has 4 rings (SSSR count). The molecule has 1 aromatic rings. The predicted molar refractivity (Wildman–Crippen MR) is 81.3 cm³/mol. The Labute approximate surface area is 125 Å². The van der Waals surface area contributed by atoms with E-state index in [1.54, 1.807) is 0 Å². The van der Waals surface area contributed by atoms with E-state index in [-0.39, 0.29) is 5.91 Å². The Morgan fingerprint density at radius 1 is 1.24 bits per heavy atom. The van der Waals surface area contributed by atoms with Crippen LogP contribution in [0.1, 0.15) is 25.7 Å². The lowest BCUT2D eigenvalue weighted by Gasteiger charge is -2.27. The average Bonchev–Trinajstić information content (AvgIpc) is 3.39. The minimum absolute atomic E-state index is 0.0169. The number of hydrogen-bond donors (Lipinski definition) is 2. The number of carbonyl (C=O) groups is 1. The Bertz CT molecular complexity index is 525. The molecule has 1 aromatic carbocycles. The van der Waals surface area contributed by atoms with Crippen LogP contribution < -0.4 is 15.4 Å². The van der Waals surface area contributed by atoms with Gasteiger partial charge >= 0.3 is 0 Å². The fourth-order valence-electron chi connectivity index (χ4n) is 3.36. The van der Waals surface area contributed by atoms with E-state index in [2.05, 4.69) is 10.6 Å². The van der Waals surface area contributed by atoms with Gasteiger partial charge in [0.2, 0.25) is 0 Å². The van der Waals surface area contributed by atoms with E-state index in [4.69, 9.17) is 4.74 Å². The first-order valence-electron chi connectivity index (χ1n) is 8.08. The summed E-state index contributed by atoms with van der Waals surface area (Å²) in [5.41, 5.74) is 0.968. The molecule has 2 saturated carbocycles. The monoisotopic (exact) mass is 286 g/mol. The van der Waals surface area contributed by atoms with Crippen LogP contribution >= 0.6 is 0 Å². The summed E-state index contributed by atoms with van der Waals surface area (Å²) in [5.74, 6) is 3.22. The van der Waals surface area contributed by atoms with Gasteiger partial charge in [0.25, 0.3) is 5.91 Å². The Kier molecular flexibility index (Phi) is 3.24. The second-order valence-corrected chi connectivity index (χ2v) is 6.57. The number of ether oxygens (including phenoxy) is 1. The maximum absolute atomic E-state index is 12.3. The number of fused-ring (bicyclic) bond motifs is 1. The molecular weight excluding hydrogens is 264 g/mol. The SMILES string of the molecule is O=C(NCC(C1CC1)C1CC1)C1CNc2ccccc2O1. The lowest BCUT2D eigenvalue weighted by atomic mass is 9.98. The quantitative estimate of drug-likeness (QED) is 0.874. The minimum Gasteiger partial charge on any atom is -0.477 e. The number of para-hydroxylation sites is 2. The standard InChI is InChI=1S/C17H22N2O2/c20-17(19-9-13(11-5-6-11)12-7-8-12)16-10-18-14-3-1-2-4-15(14)21-16/h1-4,11-13,16,18H,5-10H2,(H,19,20). The molecule has 4 heteroatoms. The van der Waals surface area contributed by atoms with Gasteiger partial charge in [0.05, 0.1) is 12.2 Å². The van der Waals surface area contributed by atoms with Crippen molar-refractivity contribution >= 4 is 11.6 Å². The first-order chi connectivity index (χ1) is 10.3. The molecule has 112 valence electrons. The third-order valence-corrected chi connectivity index (χ3v) is 4.89. The van der Waals surface area contributed by atoms with Crippen molar-refractivity contribution in [2.75, 3.05) is 18.4 Å². The van der Waals surface area contributed by atoms with Crippen LogP contribution in [0.25, 0.3) is 0 Å². The molecule has 0 bridgehead atoms. The van der Waals surface area contributed by atoms with Crippen LogP contribution in [0, 0.1) is 17.8 Å². The van der Waals surface area contributed by atoms with Gasteiger partial charge in [0, 0.05) is 6.54 Å². The van der Waals surface area contributed by atoms with Gasteiger partial charge in [-0.25, -0.2) is 0 Å². The summed E-state index contributed by atoms with van der Waals surface area (Å²) < 4.78 is 5.80. The average molecular weight is 286 g/mol. The highest BCUT2D eigenvalue weighted by Crippen LogP contribution is 2.48. The summed E-state index contributed by atoms with van der Waals surface area (Å²) in [7, 11) is 0. The minimum atomic E-state index is -0.418. The molecule has 2 fully saturated rings. The van der Waals surface area contributed by atoms with Crippen LogP contribution in [0.2, 0.25) is 0 Å². The number of amides is 1. The first kappa shape index (κ1) is 13.0. The molecule has 1 atom stereocenters. The second-order valence-electron chi connectivity index (χ2n) is 6.57. The van der Waals surface area contributed by atoms with Gasteiger partial charge in [0.15, 0.2) is 6.10 Å². The van der Waals surface area contributed by atoms with E-state index in [9.17, 15) is 4.79 Å². The molecular formula is C17H22N2O2. The summed E-state index contributed by atoms with van der Waals surface area (Å²) in [4.78, 5) is 12.3. The van der Waals surface area contributed by atoms with Crippen molar-refractivity contribution in [1.29, 1.82) is 0 Å². The maximum atomic E-state index is 12.3. The van der Waals surface area contributed by atoms with Gasteiger partial charge < -0.3 is 15.4 Å². The molecule has 21 heavy (non-hydrogen) atoms. The van der Waals surface area contributed by atoms with Gasteiger partial charge in [-0.1, -0.05) is 12.1 Å². The van der Waals surface area contributed by atoms with Gasteiger partial charge in [-0.15, -0.1) is 0 Å². The zero-order valence-electron chi connectivity index (χ0n) is 12.2. The van der Waals surface area contributed by atoms with Crippen molar-refractivity contribution in [1.82, 2.24) is 5.32 Å². The third-order valence-electron chi connectivity index (χ3n) is 4.89. The third kappa shape index (κ3) is 2.85. The fraction of sp³-hybridized carbons (Fsp3) is 0.588. The lowest BCUT2D eigenvalue weighted by molar-refractivity contribution is -0.127. The molecule has 0 spiro atoms. The van der Waals surface area contributed by atoms with Crippen LogP contribution in [0.5, 0.6) is 5.75 Å². The molecule has 0 aromatic heterocycles. The molecule has 0 saturated heterocycles. The van der Waals surface area contributed by atoms with Crippen LogP contribution in [-0.2, 0) is 4.79 Å². The van der Waals surface area contributed by atoms with E-state index in [0.29, 0.717) is 12.5 Å². The number of anilines is 1. The highest BCUT2D eigenvalue weighted by Gasteiger charge is 2.41. The molecule has 1 unspecified atom stereocenters. The zero-order valence-corrected chi connectivity index (χ0v) is 12.2. The molecule has 1 amide bonds. The number of rotatable bonds is 5. The Hall–Kier alpha value is -1.71. The number of hydrogen-bond acceptors (Lipinski definition) is 3. The topological polar surface area (TPSA) is 50.4 Å².